The third kappa shape index (κ3) is 3.99. The van der Waals surface area contributed by atoms with E-state index in [1.54, 1.807) is 0 Å². The van der Waals surface area contributed by atoms with Gasteiger partial charge in [-0.25, -0.2) is 9.78 Å². The third-order valence-corrected chi connectivity index (χ3v) is 3.38. The van der Waals surface area contributed by atoms with Gasteiger partial charge >= 0.3 is 6.09 Å². The van der Waals surface area contributed by atoms with Crippen molar-refractivity contribution in [2.24, 2.45) is 5.92 Å². The summed E-state index contributed by atoms with van der Waals surface area (Å²) in [7, 11) is 0. The first-order valence-electron chi connectivity index (χ1n) is 6.55. The lowest BCUT2D eigenvalue weighted by atomic mass is 9.94. The molecule has 1 amide bonds. The molecule has 0 radical (unpaired) electrons. The van der Waals surface area contributed by atoms with Crippen LogP contribution < -0.4 is 0 Å². The van der Waals surface area contributed by atoms with Gasteiger partial charge in [-0.2, -0.15) is 0 Å². The summed E-state index contributed by atoms with van der Waals surface area (Å²) in [5, 5.41) is 8.86. The van der Waals surface area contributed by atoms with Gasteiger partial charge in [0.25, 0.3) is 0 Å². The standard InChI is InChI=1S/C15H18N2O2/c1-12-4-2-6-14(16-12)7-3-5-13-8-10-17(11-9-13)15(18)19/h2,4,6,13H,5,8-11H2,1H3,(H,18,19). The van der Waals surface area contributed by atoms with E-state index in [2.05, 4.69) is 16.8 Å². The van der Waals surface area contributed by atoms with Gasteiger partial charge in [-0.1, -0.05) is 12.0 Å². The van der Waals surface area contributed by atoms with Gasteiger partial charge in [0.1, 0.15) is 5.69 Å². The number of piperidine rings is 1. The number of hydrogen-bond acceptors (Lipinski definition) is 2. The van der Waals surface area contributed by atoms with Crippen molar-refractivity contribution in [3.8, 4) is 11.8 Å². The predicted molar refractivity (Wildman–Crippen MR) is 72.8 cm³/mol. The topological polar surface area (TPSA) is 53.4 Å². The van der Waals surface area contributed by atoms with Crippen LogP contribution in [0.1, 0.15) is 30.7 Å². The largest absolute Gasteiger partial charge is 0.465 e. The molecule has 0 bridgehead atoms. The Labute approximate surface area is 113 Å². The number of amides is 1. The fourth-order valence-electron chi connectivity index (χ4n) is 2.23. The highest BCUT2D eigenvalue weighted by atomic mass is 16.4. The molecule has 100 valence electrons. The minimum Gasteiger partial charge on any atom is -0.465 e. The van der Waals surface area contributed by atoms with E-state index >= 15 is 0 Å². The molecule has 1 aliphatic heterocycles. The summed E-state index contributed by atoms with van der Waals surface area (Å²) in [6, 6.07) is 5.82. The van der Waals surface area contributed by atoms with Gasteiger partial charge in [-0.15, -0.1) is 0 Å². The molecule has 1 saturated heterocycles. The second-order valence-corrected chi connectivity index (χ2v) is 4.88. The van der Waals surface area contributed by atoms with Crippen LogP contribution in [0.2, 0.25) is 0 Å². The SMILES string of the molecule is Cc1cccc(C#CCC2CCN(C(=O)O)CC2)n1. The molecule has 19 heavy (non-hydrogen) atoms. The zero-order chi connectivity index (χ0) is 13.7. The van der Waals surface area contributed by atoms with Crippen LogP contribution in [0.5, 0.6) is 0 Å². The fourth-order valence-corrected chi connectivity index (χ4v) is 2.23. The molecule has 1 aromatic heterocycles. The predicted octanol–water partition coefficient (Wildman–Crippen LogP) is 2.52. The van der Waals surface area contributed by atoms with E-state index < -0.39 is 6.09 Å². The van der Waals surface area contributed by atoms with Gasteiger partial charge in [0, 0.05) is 25.2 Å². The minimum absolute atomic E-state index is 0.507. The lowest BCUT2D eigenvalue weighted by molar-refractivity contribution is 0.125. The van der Waals surface area contributed by atoms with Crippen molar-refractivity contribution < 1.29 is 9.90 Å². The van der Waals surface area contributed by atoms with E-state index in [9.17, 15) is 4.79 Å². The Morgan fingerprint density at radius 2 is 2.21 bits per heavy atom. The highest BCUT2D eigenvalue weighted by Gasteiger charge is 2.21. The van der Waals surface area contributed by atoms with E-state index in [-0.39, 0.29) is 0 Å². The van der Waals surface area contributed by atoms with Crippen molar-refractivity contribution in [2.75, 3.05) is 13.1 Å². The van der Waals surface area contributed by atoms with Crippen molar-refractivity contribution in [1.29, 1.82) is 0 Å². The van der Waals surface area contributed by atoms with Crippen LogP contribution in [-0.4, -0.2) is 34.2 Å². The van der Waals surface area contributed by atoms with Gasteiger partial charge in [-0.3, -0.25) is 0 Å². The Morgan fingerprint density at radius 3 is 2.84 bits per heavy atom. The Hall–Kier alpha value is -2.02. The lowest BCUT2D eigenvalue weighted by Gasteiger charge is -2.28. The number of carboxylic acid groups (broad SMARTS) is 1. The normalized spacial score (nSPS) is 15.7. The second-order valence-electron chi connectivity index (χ2n) is 4.88. The van der Waals surface area contributed by atoms with Crippen molar-refractivity contribution in [1.82, 2.24) is 9.88 Å². The Balaban J connectivity index is 1.83. The van der Waals surface area contributed by atoms with Crippen LogP contribution in [0, 0.1) is 24.7 Å². The van der Waals surface area contributed by atoms with E-state index in [1.165, 1.54) is 4.90 Å². The monoisotopic (exact) mass is 258 g/mol. The van der Waals surface area contributed by atoms with Gasteiger partial charge in [0.05, 0.1) is 0 Å². The molecule has 1 aromatic rings. The average Bonchev–Trinajstić information content (AvgIpc) is 2.39. The first-order chi connectivity index (χ1) is 9.15. The highest BCUT2D eigenvalue weighted by Crippen LogP contribution is 2.19. The quantitative estimate of drug-likeness (QED) is 0.787. The molecule has 0 saturated carbocycles. The molecule has 2 heterocycles. The van der Waals surface area contributed by atoms with E-state index in [0.29, 0.717) is 19.0 Å². The average molecular weight is 258 g/mol. The summed E-state index contributed by atoms with van der Waals surface area (Å²) in [4.78, 5) is 16.6. The fraction of sp³-hybridized carbons (Fsp3) is 0.467. The van der Waals surface area contributed by atoms with Crippen LogP contribution in [0.3, 0.4) is 0 Å². The Kier molecular flexibility index (Phi) is 4.40. The molecule has 1 N–H and O–H groups in total. The van der Waals surface area contributed by atoms with Gasteiger partial charge in [0.2, 0.25) is 0 Å². The zero-order valence-electron chi connectivity index (χ0n) is 11.1. The number of rotatable bonds is 1. The van der Waals surface area contributed by atoms with E-state index in [1.807, 2.05) is 25.1 Å². The van der Waals surface area contributed by atoms with Crippen molar-refractivity contribution >= 4 is 6.09 Å². The molecular weight excluding hydrogens is 240 g/mol. The van der Waals surface area contributed by atoms with Crippen molar-refractivity contribution in [3.05, 3.63) is 29.6 Å². The van der Waals surface area contributed by atoms with Crippen molar-refractivity contribution in [2.45, 2.75) is 26.2 Å². The second kappa shape index (κ2) is 6.24. The lowest BCUT2D eigenvalue weighted by Crippen LogP contribution is -2.37. The number of hydrogen-bond donors (Lipinski definition) is 1. The van der Waals surface area contributed by atoms with Gasteiger partial charge < -0.3 is 10.0 Å². The maximum Gasteiger partial charge on any atom is 0.407 e. The van der Waals surface area contributed by atoms with Crippen LogP contribution in [0.25, 0.3) is 0 Å². The molecular formula is C15H18N2O2. The van der Waals surface area contributed by atoms with Gasteiger partial charge in [-0.05, 0) is 43.7 Å². The summed E-state index contributed by atoms with van der Waals surface area (Å²) < 4.78 is 0. The van der Waals surface area contributed by atoms with E-state index in [0.717, 1.165) is 30.7 Å². The molecule has 0 spiro atoms. The molecule has 1 aliphatic rings. The third-order valence-electron chi connectivity index (χ3n) is 3.38. The molecule has 0 aromatic carbocycles. The molecule has 0 aliphatic carbocycles. The van der Waals surface area contributed by atoms with Gasteiger partial charge in [0.15, 0.2) is 0 Å². The number of likely N-dealkylation sites (tertiary alicyclic amines) is 1. The Morgan fingerprint density at radius 1 is 1.47 bits per heavy atom. The number of nitrogens with zero attached hydrogens (tertiary/aromatic N) is 2. The van der Waals surface area contributed by atoms with Crippen LogP contribution in [0.15, 0.2) is 18.2 Å². The van der Waals surface area contributed by atoms with Crippen LogP contribution in [-0.2, 0) is 0 Å². The highest BCUT2D eigenvalue weighted by molar-refractivity contribution is 5.64. The van der Waals surface area contributed by atoms with Crippen LogP contribution in [0.4, 0.5) is 4.79 Å². The number of aromatic nitrogens is 1. The minimum atomic E-state index is -0.812. The van der Waals surface area contributed by atoms with Crippen LogP contribution >= 0.6 is 0 Å². The first-order valence-corrected chi connectivity index (χ1v) is 6.55. The first kappa shape index (κ1) is 13.4. The molecule has 0 unspecified atom stereocenters. The van der Waals surface area contributed by atoms with E-state index in [4.69, 9.17) is 5.11 Å². The molecule has 0 atom stereocenters. The smallest absolute Gasteiger partial charge is 0.407 e. The summed E-state index contributed by atoms with van der Waals surface area (Å²) >= 11 is 0. The summed E-state index contributed by atoms with van der Waals surface area (Å²) in [5.74, 6) is 6.75. The maximum absolute atomic E-state index is 10.8. The summed E-state index contributed by atoms with van der Waals surface area (Å²) in [6.45, 7) is 3.21. The number of pyridine rings is 1. The van der Waals surface area contributed by atoms with Crippen molar-refractivity contribution in [3.63, 3.8) is 0 Å². The Bertz CT molecular complexity index is 508. The molecule has 4 heteroatoms. The molecule has 1 fully saturated rings. The zero-order valence-corrected chi connectivity index (χ0v) is 11.1. The summed E-state index contributed by atoms with van der Waals surface area (Å²) in [6.07, 6.45) is 1.82. The number of carbonyl (C=O) groups is 1. The summed E-state index contributed by atoms with van der Waals surface area (Å²) in [5.41, 5.74) is 1.78. The maximum atomic E-state index is 10.8. The molecule has 4 nitrogen and oxygen atoms in total. The molecule has 2 rings (SSSR count). The number of aryl methyl sites for hydroxylation is 1.